The van der Waals surface area contributed by atoms with Crippen LogP contribution in [0.1, 0.15) is 11.4 Å². The van der Waals surface area contributed by atoms with Crippen molar-refractivity contribution in [3.63, 3.8) is 0 Å². The van der Waals surface area contributed by atoms with E-state index in [0.717, 1.165) is 22.8 Å². The Morgan fingerprint density at radius 1 is 0.933 bits per heavy atom. The van der Waals surface area contributed by atoms with Gasteiger partial charge in [-0.1, -0.05) is 30.3 Å². The van der Waals surface area contributed by atoms with Gasteiger partial charge in [-0.2, -0.15) is 0 Å². The average Bonchev–Trinajstić information content (AvgIpc) is 2.26. The van der Waals surface area contributed by atoms with Crippen LogP contribution in [0.5, 0.6) is 0 Å². The number of nitrogens with two attached hydrogens (primary N) is 1. The van der Waals surface area contributed by atoms with Gasteiger partial charge in [-0.15, -0.1) is 0 Å². The standard InChI is InChI=1S/C12H13N3/c1-8-11(13)9(2)15-12(14-8)10-6-4-3-5-7-10/h3-7H,13H2,1-2H3. The SMILES string of the molecule is Cc1nc(-c2ccccc2)nc(C)c1N. The largest absolute Gasteiger partial charge is 0.396 e. The third-order valence-corrected chi connectivity index (χ3v) is 2.36. The molecule has 2 aromatic rings. The molecule has 0 amide bonds. The number of benzene rings is 1. The average molecular weight is 199 g/mol. The first-order chi connectivity index (χ1) is 7.18. The molecule has 2 N–H and O–H groups in total. The quantitative estimate of drug-likeness (QED) is 0.767. The molecule has 0 bridgehead atoms. The number of hydrogen-bond donors (Lipinski definition) is 1. The summed E-state index contributed by atoms with van der Waals surface area (Å²) in [6.07, 6.45) is 0. The van der Waals surface area contributed by atoms with Crippen LogP contribution in [0.2, 0.25) is 0 Å². The number of hydrogen-bond acceptors (Lipinski definition) is 3. The zero-order chi connectivity index (χ0) is 10.8. The normalized spacial score (nSPS) is 10.3. The maximum atomic E-state index is 5.80. The van der Waals surface area contributed by atoms with Gasteiger partial charge in [0.15, 0.2) is 5.82 Å². The van der Waals surface area contributed by atoms with Crippen LogP contribution < -0.4 is 5.73 Å². The second-order valence-electron chi connectivity index (χ2n) is 3.50. The molecule has 0 aliphatic heterocycles. The summed E-state index contributed by atoms with van der Waals surface area (Å²) >= 11 is 0. The predicted molar refractivity (Wildman–Crippen MR) is 61.4 cm³/mol. The second kappa shape index (κ2) is 3.69. The minimum Gasteiger partial charge on any atom is -0.396 e. The Hall–Kier alpha value is -1.90. The van der Waals surface area contributed by atoms with E-state index in [2.05, 4.69) is 9.97 Å². The first-order valence-corrected chi connectivity index (χ1v) is 4.84. The van der Waals surface area contributed by atoms with E-state index in [1.807, 2.05) is 44.2 Å². The Labute approximate surface area is 89.0 Å². The molecule has 0 spiro atoms. The fraction of sp³-hybridized carbons (Fsp3) is 0.167. The van der Waals surface area contributed by atoms with E-state index in [0.29, 0.717) is 5.69 Å². The predicted octanol–water partition coefficient (Wildman–Crippen LogP) is 2.34. The summed E-state index contributed by atoms with van der Waals surface area (Å²) in [5.74, 6) is 0.736. The van der Waals surface area contributed by atoms with E-state index in [9.17, 15) is 0 Å². The molecule has 0 saturated carbocycles. The van der Waals surface area contributed by atoms with Gasteiger partial charge in [-0.25, -0.2) is 9.97 Å². The van der Waals surface area contributed by atoms with Crippen molar-refractivity contribution in [1.82, 2.24) is 9.97 Å². The van der Waals surface area contributed by atoms with Gasteiger partial charge in [0.05, 0.1) is 17.1 Å². The molecule has 3 heteroatoms. The lowest BCUT2D eigenvalue weighted by Gasteiger charge is -2.06. The van der Waals surface area contributed by atoms with E-state index in [4.69, 9.17) is 5.73 Å². The summed E-state index contributed by atoms with van der Waals surface area (Å²) in [4.78, 5) is 8.74. The Balaban J connectivity index is 2.56. The molecule has 3 nitrogen and oxygen atoms in total. The number of nitrogen functional groups attached to an aromatic ring is 1. The summed E-state index contributed by atoms with van der Waals surface area (Å²) in [5, 5.41) is 0. The first-order valence-electron chi connectivity index (χ1n) is 4.84. The zero-order valence-corrected chi connectivity index (χ0v) is 8.86. The fourth-order valence-corrected chi connectivity index (χ4v) is 1.44. The van der Waals surface area contributed by atoms with E-state index < -0.39 is 0 Å². The molecule has 0 aliphatic carbocycles. The summed E-state index contributed by atoms with van der Waals surface area (Å²) < 4.78 is 0. The van der Waals surface area contributed by atoms with Crippen LogP contribution in [0.4, 0.5) is 5.69 Å². The summed E-state index contributed by atoms with van der Waals surface area (Å²) in [5.41, 5.74) is 9.17. The van der Waals surface area contributed by atoms with Crippen molar-refractivity contribution in [2.24, 2.45) is 0 Å². The van der Waals surface area contributed by atoms with E-state index >= 15 is 0 Å². The molecule has 0 saturated heterocycles. The van der Waals surface area contributed by atoms with Crippen LogP contribution in [0.15, 0.2) is 30.3 Å². The van der Waals surface area contributed by atoms with E-state index in [1.165, 1.54) is 0 Å². The van der Waals surface area contributed by atoms with Crippen LogP contribution in [-0.4, -0.2) is 9.97 Å². The fourth-order valence-electron chi connectivity index (χ4n) is 1.44. The minimum absolute atomic E-state index is 0.676. The topological polar surface area (TPSA) is 51.8 Å². The molecule has 15 heavy (non-hydrogen) atoms. The van der Waals surface area contributed by atoms with Crippen LogP contribution >= 0.6 is 0 Å². The highest BCUT2D eigenvalue weighted by Crippen LogP contribution is 2.19. The molecule has 0 fully saturated rings. The Kier molecular flexibility index (Phi) is 2.37. The highest BCUT2D eigenvalue weighted by atomic mass is 14.9. The van der Waals surface area contributed by atoms with Crippen molar-refractivity contribution in [2.75, 3.05) is 5.73 Å². The van der Waals surface area contributed by atoms with Crippen molar-refractivity contribution in [3.8, 4) is 11.4 Å². The smallest absolute Gasteiger partial charge is 0.159 e. The molecular formula is C12H13N3. The van der Waals surface area contributed by atoms with E-state index in [1.54, 1.807) is 0 Å². The van der Waals surface area contributed by atoms with Crippen LogP contribution in [0.25, 0.3) is 11.4 Å². The van der Waals surface area contributed by atoms with Gasteiger partial charge in [0.2, 0.25) is 0 Å². The van der Waals surface area contributed by atoms with Gasteiger partial charge >= 0.3 is 0 Å². The minimum atomic E-state index is 0.676. The molecule has 2 rings (SSSR count). The van der Waals surface area contributed by atoms with Crippen molar-refractivity contribution in [3.05, 3.63) is 41.7 Å². The van der Waals surface area contributed by atoms with Gasteiger partial charge in [-0.05, 0) is 13.8 Å². The van der Waals surface area contributed by atoms with Gasteiger partial charge in [0, 0.05) is 5.56 Å². The molecule has 0 unspecified atom stereocenters. The molecule has 1 aromatic carbocycles. The van der Waals surface area contributed by atoms with Gasteiger partial charge in [-0.3, -0.25) is 0 Å². The number of anilines is 1. The number of aryl methyl sites for hydroxylation is 2. The summed E-state index contributed by atoms with van der Waals surface area (Å²) in [7, 11) is 0. The number of rotatable bonds is 1. The highest BCUT2D eigenvalue weighted by molar-refractivity contribution is 5.58. The lowest BCUT2D eigenvalue weighted by Crippen LogP contribution is -2.01. The molecule has 0 aliphatic rings. The Morgan fingerprint density at radius 2 is 1.47 bits per heavy atom. The molecule has 0 atom stereocenters. The molecule has 1 aromatic heterocycles. The van der Waals surface area contributed by atoms with Gasteiger partial charge < -0.3 is 5.73 Å². The van der Waals surface area contributed by atoms with Crippen molar-refractivity contribution in [1.29, 1.82) is 0 Å². The summed E-state index contributed by atoms with van der Waals surface area (Å²) in [6, 6.07) is 9.90. The zero-order valence-electron chi connectivity index (χ0n) is 8.86. The Bertz CT molecular complexity index is 454. The van der Waals surface area contributed by atoms with Crippen molar-refractivity contribution >= 4 is 5.69 Å². The molecular weight excluding hydrogens is 186 g/mol. The summed E-state index contributed by atoms with van der Waals surface area (Å²) in [6.45, 7) is 3.80. The Morgan fingerprint density at radius 3 is 2.00 bits per heavy atom. The third kappa shape index (κ3) is 1.81. The maximum absolute atomic E-state index is 5.80. The molecule has 76 valence electrons. The monoisotopic (exact) mass is 199 g/mol. The maximum Gasteiger partial charge on any atom is 0.159 e. The number of nitrogens with zero attached hydrogens (tertiary/aromatic N) is 2. The van der Waals surface area contributed by atoms with Gasteiger partial charge in [0.1, 0.15) is 0 Å². The van der Waals surface area contributed by atoms with Crippen LogP contribution in [-0.2, 0) is 0 Å². The molecule has 0 radical (unpaired) electrons. The molecule has 1 heterocycles. The first kappa shape index (κ1) is 9.65. The second-order valence-corrected chi connectivity index (χ2v) is 3.50. The van der Waals surface area contributed by atoms with E-state index in [-0.39, 0.29) is 0 Å². The number of aromatic nitrogens is 2. The highest BCUT2D eigenvalue weighted by Gasteiger charge is 2.06. The van der Waals surface area contributed by atoms with Crippen molar-refractivity contribution < 1.29 is 0 Å². The lowest BCUT2D eigenvalue weighted by atomic mass is 10.2. The van der Waals surface area contributed by atoms with Crippen molar-refractivity contribution in [2.45, 2.75) is 13.8 Å². The van der Waals surface area contributed by atoms with Crippen LogP contribution in [0, 0.1) is 13.8 Å². The lowest BCUT2D eigenvalue weighted by molar-refractivity contribution is 1.07. The third-order valence-electron chi connectivity index (χ3n) is 2.36. The van der Waals surface area contributed by atoms with Gasteiger partial charge in [0.25, 0.3) is 0 Å². The van der Waals surface area contributed by atoms with Crippen LogP contribution in [0.3, 0.4) is 0 Å².